The lowest BCUT2D eigenvalue weighted by molar-refractivity contribution is -0.143. The summed E-state index contributed by atoms with van der Waals surface area (Å²) in [7, 11) is 0. The van der Waals surface area contributed by atoms with E-state index in [-0.39, 0.29) is 43.4 Å². The Labute approximate surface area is 135 Å². The van der Waals surface area contributed by atoms with Gasteiger partial charge in [0, 0.05) is 36.8 Å². The van der Waals surface area contributed by atoms with Gasteiger partial charge in [0.15, 0.2) is 0 Å². The summed E-state index contributed by atoms with van der Waals surface area (Å²) < 4.78 is 4.99. The number of aromatic nitrogens is 1. The molecule has 2 N–H and O–H groups in total. The van der Waals surface area contributed by atoms with Gasteiger partial charge in [0.2, 0.25) is 5.91 Å². The lowest BCUT2D eigenvalue weighted by Crippen LogP contribution is -2.30. The quantitative estimate of drug-likeness (QED) is 0.523. The number of hydrogen-bond donors (Lipinski definition) is 2. The number of nitrogens with zero attached hydrogens (tertiary/aromatic N) is 1. The highest BCUT2D eigenvalue weighted by molar-refractivity contribution is 5.93. The normalized spacial score (nSPS) is 10.2. The molecule has 0 radical (unpaired) electrons. The molecule has 0 spiro atoms. The fourth-order valence-electron chi connectivity index (χ4n) is 1.79. The Balaban J connectivity index is 2.08. The Morgan fingerprint density at radius 2 is 1.87 bits per heavy atom. The average molecular weight is 321 g/mol. The zero-order valence-electron chi connectivity index (χ0n) is 13.5. The lowest BCUT2D eigenvalue weighted by atomic mass is 10.2. The van der Waals surface area contributed by atoms with Crippen molar-refractivity contribution in [3.63, 3.8) is 0 Å². The van der Waals surface area contributed by atoms with Crippen LogP contribution in [0.25, 0.3) is 0 Å². The molecule has 0 unspecified atom stereocenters. The number of ether oxygens (including phenoxy) is 1. The molecule has 0 saturated heterocycles. The first-order chi connectivity index (χ1) is 11.0. The second kappa shape index (κ2) is 10.3. The molecule has 0 bridgehead atoms. The fourth-order valence-corrected chi connectivity index (χ4v) is 1.79. The van der Waals surface area contributed by atoms with Gasteiger partial charge in [-0.25, -0.2) is 0 Å². The van der Waals surface area contributed by atoms with Gasteiger partial charge in [-0.15, -0.1) is 0 Å². The minimum Gasteiger partial charge on any atom is -0.464 e. The summed E-state index contributed by atoms with van der Waals surface area (Å²) in [5.74, 6) is -0.688. The Kier molecular flexibility index (Phi) is 8.34. The smallest absolute Gasteiger partial charge is 0.305 e. The van der Waals surface area contributed by atoms with Crippen molar-refractivity contribution in [2.24, 2.45) is 0 Å². The molecule has 7 nitrogen and oxygen atoms in total. The summed E-state index contributed by atoms with van der Waals surface area (Å²) in [5, 5.41) is 5.40. The van der Waals surface area contributed by atoms with Crippen molar-refractivity contribution in [3.8, 4) is 0 Å². The minimum atomic E-state index is -0.375. The Morgan fingerprint density at radius 1 is 1.17 bits per heavy atom. The molecular weight excluding hydrogens is 298 g/mol. The summed E-state index contributed by atoms with van der Waals surface area (Å²) in [5.41, 5.74) is 0.502. The third kappa shape index (κ3) is 8.55. The number of pyridine rings is 1. The van der Waals surface area contributed by atoms with E-state index in [0.29, 0.717) is 18.4 Å². The van der Waals surface area contributed by atoms with Crippen LogP contribution >= 0.6 is 0 Å². The van der Waals surface area contributed by atoms with Crippen LogP contribution in [0.15, 0.2) is 24.5 Å². The fraction of sp³-hybridized carbons (Fsp3) is 0.500. The van der Waals surface area contributed by atoms with Gasteiger partial charge in [0.25, 0.3) is 5.91 Å². The Morgan fingerprint density at radius 3 is 2.52 bits per heavy atom. The third-order valence-corrected chi connectivity index (χ3v) is 2.83. The monoisotopic (exact) mass is 321 g/mol. The van der Waals surface area contributed by atoms with Gasteiger partial charge >= 0.3 is 5.97 Å². The van der Waals surface area contributed by atoms with E-state index in [1.807, 2.05) is 13.8 Å². The minimum absolute atomic E-state index is 0.0718. The van der Waals surface area contributed by atoms with E-state index in [1.54, 1.807) is 12.1 Å². The van der Waals surface area contributed by atoms with Crippen LogP contribution in [0.5, 0.6) is 0 Å². The first-order valence-corrected chi connectivity index (χ1v) is 7.62. The Hall–Kier alpha value is -2.44. The predicted octanol–water partition coefficient (Wildman–Crippen LogP) is 1.05. The SMILES string of the molecule is CC(C)NC(=O)CCCC(=O)OCCNC(=O)c1ccncc1. The zero-order chi connectivity index (χ0) is 17.1. The summed E-state index contributed by atoms with van der Waals surface area (Å²) in [6, 6.07) is 3.30. The predicted molar refractivity (Wildman–Crippen MR) is 84.7 cm³/mol. The van der Waals surface area contributed by atoms with E-state index < -0.39 is 0 Å². The molecule has 2 amide bonds. The first kappa shape index (κ1) is 18.6. The largest absolute Gasteiger partial charge is 0.464 e. The molecule has 0 atom stereocenters. The molecule has 0 fully saturated rings. The maximum atomic E-state index is 11.7. The van der Waals surface area contributed by atoms with Crippen molar-refractivity contribution in [1.82, 2.24) is 15.6 Å². The number of amides is 2. The highest BCUT2D eigenvalue weighted by Crippen LogP contribution is 1.99. The van der Waals surface area contributed by atoms with Crippen LogP contribution in [0, 0.1) is 0 Å². The molecule has 1 rings (SSSR count). The second-order valence-electron chi connectivity index (χ2n) is 5.29. The van der Waals surface area contributed by atoms with Gasteiger partial charge in [-0.1, -0.05) is 0 Å². The average Bonchev–Trinajstić information content (AvgIpc) is 2.51. The summed E-state index contributed by atoms with van der Waals surface area (Å²) in [6.07, 6.45) is 3.99. The molecule has 7 heteroatoms. The summed E-state index contributed by atoms with van der Waals surface area (Å²) in [4.78, 5) is 38.4. The molecule has 1 heterocycles. The number of nitrogens with one attached hydrogen (secondary N) is 2. The highest BCUT2D eigenvalue weighted by Gasteiger charge is 2.08. The molecule has 0 aliphatic rings. The van der Waals surface area contributed by atoms with Gasteiger partial charge in [0.05, 0.1) is 6.54 Å². The van der Waals surface area contributed by atoms with Crippen molar-refractivity contribution in [1.29, 1.82) is 0 Å². The van der Waals surface area contributed by atoms with Gasteiger partial charge in [-0.2, -0.15) is 0 Å². The van der Waals surface area contributed by atoms with Crippen molar-refractivity contribution in [3.05, 3.63) is 30.1 Å². The Bertz CT molecular complexity index is 517. The van der Waals surface area contributed by atoms with E-state index in [2.05, 4.69) is 15.6 Å². The van der Waals surface area contributed by atoms with Gasteiger partial charge in [0.1, 0.15) is 6.61 Å². The van der Waals surface area contributed by atoms with Crippen molar-refractivity contribution in [2.45, 2.75) is 39.2 Å². The molecule has 126 valence electrons. The maximum Gasteiger partial charge on any atom is 0.305 e. The molecule has 0 aliphatic heterocycles. The zero-order valence-corrected chi connectivity index (χ0v) is 13.5. The third-order valence-electron chi connectivity index (χ3n) is 2.83. The summed E-state index contributed by atoms with van der Waals surface area (Å²) >= 11 is 0. The number of rotatable bonds is 9. The number of carbonyl (C=O) groups excluding carboxylic acids is 3. The van der Waals surface area contributed by atoms with Gasteiger partial charge < -0.3 is 15.4 Å². The molecule has 0 saturated carbocycles. The van der Waals surface area contributed by atoms with Crippen LogP contribution in [-0.4, -0.2) is 42.0 Å². The summed E-state index contributed by atoms with van der Waals surface area (Å²) in [6.45, 7) is 4.10. The topological polar surface area (TPSA) is 97.4 Å². The lowest BCUT2D eigenvalue weighted by Gasteiger charge is -2.08. The number of esters is 1. The van der Waals surface area contributed by atoms with E-state index in [9.17, 15) is 14.4 Å². The maximum absolute atomic E-state index is 11.7. The van der Waals surface area contributed by atoms with Gasteiger partial charge in [-0.05, 0) is 32.4 Å². The van der Waals surface area contributed by atoms with Crippen molar-refractivity contribution in [2.75, 3.05) is 13.2 Å². The molecule has 0 aliphatic carbocycles. The molecular formula is C16H23N3O4. The highest BCUT2D eigenvalue weighted by atomic mass is 16.5. The van der Waals surface area contributed by atoms with E-state index in [1.165, 1.54) is 12.4 Å². The number of hydrogen-bond acceptors (Lipinski definition) is 5. The van der Waals surface area contributed by atoms with E-state index in [4.69, 9.17) is 4.74 Å². The molecule has 0 aromatic carbocycles. The van der Waals surface area contributed by atoms with Gasteiger partial charge in [-0.3, -0.25) is 19.4 Å². The van der Waals surface area contributed by atoms with Crippen LogP contribution in [0.2, 0.25) is 0 Å². The molecule has 1 aromatic heterocycles. The van der Waals surface area contributed by atoms with Crippen LogP contribution in [0.1, 0.15) is 43.5 Å². The van der Waals surface area contributed by atoms with Crippen LogP contribution in [0.4, 0.5) is 0 Å². The number of carbonyl (C=O) groups is 3. The second-order valence-corrected chi connectivity index (χ2v) is 5.29. The van der Waals surface area contributed by atoms with Crippen LogP contribution < -0.4 is 10.6 Å². The van der Waals surface area contributed by atoms with E-state index >= 15 is 0 Å². The van der Waals surface area contributed by atoms with Crippen molar-refractivity contribution >= 4 is 17.8 Å². The molecule has 1 aromatic rings. The standard InChI is InChI=1S/C16H23N3O4/c1-12(2)19-14(20)4-3-5-15(21)23-11-10-18-16(22)13-6-8-17-9-7-13/h6-9,12H,3-5,10-11H2,1-2H3,(H,18,22)(H,19,20). The van der Waals surface area contributed by atoms with Crippen molar-refractivity contribution < 1.29 is 19.1 Å². The van der Waals surface area contributed by atoms with Crippen LogP contribution in [-0.2, 0) is 14.3 Å². The molecule has 23 heavy (non-hydrogen) atoms. The van der Waals surface area contributed by atoms with E-state index in [0.717, 1.165) is 0 Å². The first-order valence-electron chi connectivity index (χ1n) is 7.62. The van der Waals surface area contributed by atoms with Crippen LogP contribution in [0.3, 0.4) is 0 Å².